The van der Waals surface area contributed by atoms with Crippen LogP contribution in [0.3, 0.4) is 0 Å². The van der Waals surface area contributed by atoms with E-state index in [0.29, 0.717) is 11.3 Å². The number of allylic oxidation sites excluding steroid dienone is 1. The Bertz CT molecular complexity index is 429. The quantitative estimate of drug-likeness (QED) is 0.686. The number of nitriles is 1. The van der Waals surface area contributed by atoms with Crippen molar-refractivity contribution in [1.82, 2.24) is 0 Å². The predicted octanol–water partition coefficient (Wildman–Crippen LogP) is 2.10. The molecule has 1 aromatic carbocycles. The van der Waals surface area contributed by atoms with Crippen LogP contribution >= 0.6 is 0 Å². The molecule has 0 spiro atoms. The Balaban J connectivity index is 3.06. The number of carbonyl (C=O) groups is 1. The molecule has 76 valence electrons. The van der Waals surface area contributed by atoms with Crippen molar-refractivity contribution < 1.29 is 4.79 Å². The molecule has 0 atom stereocenters. The molecule has 0 aliphatic heterocycles. The summed E-state index contributed by atoms with van der Waals surface area (Å²) >= 11 is 0. The zero-order chi connectivity index (χ0) is 11.3. The minimum absolute atomic E-state index is 0.139. The van der Waals surface area contributed by atoms with E-state index in [1.807, 2.05) is 0 Å². The lowest BCUT2D eigenvalue weighted by Gasteiger charge is -2.16. The number of hydrogen-bond acceptors (Lipinski definition) is 2. The van der Waals surface area contributed by atoms with Crippen molar-refractivity contribution in [3.8, 4) is 6.07 Å². The standard InChI is InChI=1S/C12H12N2O/c1-3-6-12(15)14(2)11-8-5-4-7-10(11)9-13/h3-8H,1-2H3/b6-3+. The molecule has 1 aromatic rings. The van der Waals surface area contributed by atoms with Crippen LogP contribution in [0.4, 0.5) is 5.69 Å². The van der Waals surface area contributed by atoms with Crippen LogP contribution in [0.25, 0.3) is 0 Å². The zero-order valence-electron chi connectivity index (χ0n) is 8.77. The van der Waals surface area contributed by atoms with Gasteiger partial charge < -0.3 is 4.90 Å². The van der Waals surface area contributed by atoms with Gasteiger partial charge >= 0.3 is 0 Å². The molecular formula is C12H12N2O. The number of para-hydroxylation sites is 1. The van der Waals surface area contributed by atoms with Gasteiger partial charge in [-0.15, -0.1) is 0 Å². The largest absolute Gasteiger partial charge is 0.311 e. The topological polar surface area (TPSA) is 44.1 Å². The third-order valence-electron chi connectivity index (χ3n) is 2.03. The summed E-state index contributed by atoms with van der Waals surface area (Å²) in [6, 6.07) is 9.07. The summed E-state index contributed by atoms with van der Waals surface area (Å²) in [7, 11) is 1.65. The van der Waals surface area contributed by atoms with Crippen LogP contribution in [0.15, 0.2) is 36.4 Å². The van der Waals surface area contributed by atoms with Gasteiger partial charge in [-0.2, -0.15) is 5.26 Å². The third-order valence-corrected chi connectivity index (χ3v) is 2.03. The van der Waals surface area contributed by atoms with E-state index >= 15 is 0 Å². The molecule has 0 aromatic heterocycles. The van der Waals surface area contributed by atoms with Crippen molar-refractivity contribution in [2.75, 3.05) is 11.9 Å². The van der Waals surface area contributed by atoms with Crippen LogP contribution in [-0.4, -0.2) is 13.0 Å². The normalized spacial score (nSPS) is 9.93. The molecule has 0 aliphatic rings. The number of carbonyl (C=O) groups excluding carboxylic acids is 1. The van der Waals surface area contributed by atoms with Crippen LogP contribution in [0.1, 0.15) is 12.5 Å². The van der Waals surface area contributed by atoms with Gasteiger partial charge in [-0.25, -0.2) is 0 Å². The van der Waals surface area contributed by atoms with E-state index in [9.17, 15) is 4.79 Å². The predicted molar refractivity (Wildman–Crippen MR) is 59.4 cm³/mol. The van der Waals surface area contributed by atoms with Crippen LogP contribution in [0.2, 0.25) is 0 Å². The first-order chi connectivity index (χ1) is 7.20. The van der Waals surface area contributed by atoms with Crippen molar-refractivity contribution in [3.63, 3.8) is 0 Å². The second-order valence-corrected chi connectivity index (χ2v) is 3.03. The number of nitrogens with zero attached hydrogens (tertiary/aromatic N) is 2. The molecule has 0 bridgehead atoms. The van der Waals surface area contributed by atoms with Gasteiger partial charge in [0.15, 0.2) is 0 Å². The molecule has 0 radical (unpaired) electrons. The molecule has 3 heteroatoms. The number of hydrogen-bond donors (Lipinski definition) is 0. The first kappa shape index (κ1) is 11.0. The van der Waals surface area contributed by atoms with E-state index in [4.69, 9.17) is 5.26 Å². The molecule has 0 saturated heterocycles. The van der Waals surface area contributed by atoms with Crippen LogP contribution in [-0.2, 0) is 4.79 Å². The Labute approximate surface area is 89.2 Å². The van der Waals surface area contributed by atoms with Crippen molar-refractivity contribution in [2.24, 2.45) is 0 Å². The van der Waals surface area contributed by atoms with E-state index in [1.165, 1.54) is 11.0 Å². The lowest BCUT2D eigenvalue weighted by Crippen LogP contribution is -2.24. The summed E-state index contributed by atoms with van der Waals surface area (Å²) in [5.74, 6) is -0.139. The Kier molecular flexibility index (Phi) is 3.64. The highest BCUT2D eigenvalue weighted by Crippen LogP contribution is 2.18. The second kappa shape index (κ2) is 4.97. The smallest absolute Gasteiger partial charge is 0.250 e. The van der Waals surface area contributed by atoms with Gasteiger partial charge in [-0.05, 0) is 25.1 Å². The maximum absolute atomic E-state index is 11.5. The van der Waals surface area contributed by atoms with Gasteiger partial charge in [0.25, 0.3) is 0 Å². The maximum atomic E-state index is 11.5. The van der Waals surface area contributed by atoms with Gasteiger partial charge in [0.1, 0.15) is 6.07 Å². The fourth-order valence-electron chi connectivity index (χ4n) is 1.23. The van der Waals surface area contributed by atoms with Crippen molar-refractivity contribution in [3.05, 3.63) is 42.0 Å². The van der Waals surface area contributed by atoms with Crippen LogP contribution in [0, 0.1) is 11.3 Å². The number of anilines is 1. The summed E-state index contributed by atoms with van der Waals surface area (Å²) in [5.41, 5.74) is 1.13. The summed E-state index contributed by atoms with van der Waals surface area (Å²) in [5, 5.41) is 8.87. The first-order valence-electron chi connectivity index (χ1n) is 4.60. The fourth-order valence-corrected chi connectivity index (χ4v) is 1.23. The number of likely N-dealkylation sites (N-methyl/N-ethyl adjacent to an activating group) is 1. The molecule has 0 saturated carbocycles. The monoisotopic (exact) mass is 200 g/mol. The molecule has 0 fully saturated rings. The van der Waals surface area contributed by atoms with Gasteiger partial charge in [0.05, 0.1) is 11.3 Å². The van der Waals surface area contributed by atoms with E-state index in [1.54, 1.807) is 44.3 Å². The van der Waals surface area contributed by atoms with Crippen molar-refractivity contribution >= 4 is 11.6 Å². The average Bonchev–Trinajstić information content (AvgIpc) is 2.28. The Morgan fingerprint density at radius 1 is 1.47 bits per heavy atom. The lowest BCUT2D eigenvalue weighted by atomic mass is 10.2. The SMILES string of the molecule is C/C=C/C(=O)N(C)c1ccccc1C#N. The molecule has 0 heterocycles. The Morgan fingerprint density at radius 2 is 2.13 bits per heavy atom. The minimum Gasteiger partial charge on any atom is -0.311 e. The Morgan fingerprint density at radius 3 is 2.73 bits per heavy atom. The van der Waals surface area contributed by atoms with Crippen molar-refractivity contribution in [2.45, 2.75) is 6.92 Å². The summed E-state index contributed by atoms with van der Waals surface area (Å²) in [6.45, 7) is 1.78. The van der Waals surface area contributed by atoms with Gasteiger partial charge in [-0.3, -0.25) is 4.79 Å². The minimum atomic E-state index is -0.139. The molecule has 1 amide bonds. The third kappa shape index (κ3) is 2.44. The molecule has 0 aliphatic carbocycles. The fraction of sp³-hybridized carbons (Fsp3) is 0.167. The molecule has 15 heavy (non-hydrogen) atoms. The number of amides is 1. The van der Waals surface area contributed by atoms with Crippen LogP contribution < -0.4 is 4.90 Å². The summed E-state index contributed by atoms with van der Waals surface area (Å²) < 4.78 is 0. The second-order valence-electron chi connectivity index (χ2n) is 3.03. The zero-order valence-corrected chi connectivity index (χ0v) is 8.77. The highest BCUT2D eigenvalue weighted by molar-refractivity contribution is 6.01. The number of benzene rings is 1. The van der Waals surface area contributed by atoms with Gasteiger partial charge in [-0.1, -0.05) is 18.2 Å². The summed E-state index contributed by atoms with van der Waals surface area (Å²) in [4.78, 5) is 13.0. The van der Waals surface area contributed by atoms with E-state index < -0.39 is 0 Å². The van der Waals surface area contributed by atoms with E-state index in [-0.39, 0.29) is 5.91 Å². The number of rotatable bonds is 2. The molecule has 0 N–H and O–H groups in total. The summed E-state index contributed by atoms with van der Waals surface area (Å²) in [6.07, 6.45) is 3.14. The molecule has 3 nitrogen and oxygen atoms in total. The molecule has 0 unspecified atom stereocenters. The highest BCUT2D eigenvalue weighted by Gasteiger charge is 2.10. The van der Waals surface area contributed by atoms with Gasteiger partial charge in [0.2, 0.25) is 5.91 Å². The first-order valence-corrected chi connectivity index (χ1v) is 4.60. The van der Waals surface area contributed by atoms with E-state index in [2.05, 4.69) is 6.07 Å². The van der Waals surface area contributed by atoms with Crippen LogP contribution in [0.5, 0.6) is 0 Å². The van der Waals surface area contributed by atoms with Gasteiger partial charge in [0, 0.05) is 7.05 Å². The average molecular weight is 200 g/mol. The Hall–Kier alpha value is -2.08. The van der Waals surface area contributed by atoms with E-state index in [0.717, 1.165) is 0 Å². The maximum Gasteiger partial charge on any atom is 0.250 e. The van der Waals surface area contributed by atoms with Crippen molar-refractivity contribution in [1.29, 1.82) is 5.26 Å². The lowest BCUT2D eigenvalue weighted by molar-refractivity contribution is -0.113. The molecule has 1 rings (SSSR count). The highest BCUT2D eigenvalue weighted by atomic mass is 16.2. The molecular weight excluding hydrogens is 188 g/mol.